The Hall–Kier alpha value is -4.07. The number of pyridine rings is 2. The van der Waals surface area contributed by atoms with Crippen LogP contribution in [0.2, 0.25) is 0 Å². The third-order valence-electron chi connectivity index (χ3n) is 3.83. The van der Waals surface area contributed by atoms with E-state index in [-0.39, 0.29) is 17.3 Å². The fourth-order valence-electron chi connectivity index (χ4n) is 2.54. The molecule has 0 saturated carbocycles. The van der Waals surface area contributed by atoms with E-state index >= 15 is 0 Å². The van der Waals surface area contributed by atoms with Gasteiger partial charge >= 0.3 is 0 Å². The van der Waals surface area contributed by atoms with E-state index in [9.17, 15) is 14.4 Å². The first-order valence-electron chi connectivity index (χ1n) is 8.84. The van der Waals surface area contributed by atoms with E-state index in [0.29, 0.717) is 17.9 Å². The van der Waals surface area contributed by atoms with Crippen molar-refractivity contribution in [1.29, 1.82) is 0 Å². The van der Waals surface area contributed by atoms with Crippen molar-refractivity contribution >= 4 is 29.1 Å². The molecule has 8 nitrogen and oxygen atoms in total. The van der Waals surface area contributed by atoms with E-state index in [2.05, 4.69) is 25.9 Å². The molecule has 3 amide bonds. The summed E-state index contributed by atoms with van der Waals surface area (Å²) in [7, 11) is 0. The first kappa shape index (κ1) is 19.7. The Kier molecular flexibility index (Phi) is 6.26. The lowest BCUT2D eigenvalue weighted by Crippen LogP contribution is -2.25. The number of hydrogen-bond acceptors (Lipinski definition) is 5. The van der Waals surface area contributed by atoms with Crippen molar-refractivity contribution in [3.05, 3.63) is 83.9 Å². The first-order valence-corrected chi connectivity index (χ1v) is 8.84. The number of amides is 3. The van der Waals surface area contributed by atoms with E-state index < -0.39 is 11.8 Å². The highest BCUT2D eigenvalue weighted by Gasteiger charge is 2.13. The number of carbonyl (C=O) groups excluding carboxylic acids is 3. The predicted octanol–water partition coefficient (Wildman–Crippen LogP) is 2.62. The van der Waals surface area contributed by atoms with Crippen LogP contribution in [-0.2, 0) is 11.3 Å². The van der Waals surface area contributed by atoms with Gasteiger partial charge in [0.25, 0.3) is 11.8 Å². The minimum atomic E-state index is -0.466. The minimum absolute atomic E-state index is 0.101. The molecular weight excluding hydrogens is 370 g/mol. The standard InChI is InChI=1S/C21H19N5O3/c1-14(27)24-16-6-2-7-17(11-16)25-21(29)19-9-3-8-18(26-19)20(28)23-13-15-5-4-10-22-12-15/h2-12H,13H2,1H3,(H,23,28)(H,24,27)(H,25,29). The van der Waals surface area contributed by atoms with Crippen molar-refractivity contribution < 1.29 is 14.4 Å². The second-order valence-corrected chi connectivity index (χ2v) is 6.17. The van der Waals surface area contributed by atoms with E-state index in [1.54, 1.807) is 48.8 Å². The first-order chi connectivity index (χ1) is 14.0. The molecule has 0 bridgehead atoms. The zero-order chi connectivity index (χ0) is 20.6. The molecule has 0 aliphatic rings. The molecule has 0 saturated heterocycles. The molecule has 0 spiro atoms. The highest BCUT2D eigenvalue weighted by atomic mass is 16.2. The number of nitrogens with zero attached hydrogens (tertiary/aromatic N) is 2. The van der Waals surface area contributed by atoms with Gasteiger partial charge in [0.1, 0.15) is 11.4 Å². The molecule has 29 heavy (non-hydrogen) atoms. The van der Waals surface area contributed by atoms with Crippen LogP contribution >= 0.6 is 0 Å². The SMILES string of the molecule is CC(=O)Nc1cccc(NC(=O)c2cccc(C(=O)NCc3cccnc3)n2)c1. The van der Waals surface area contributed by atoms with Crippen molar-refractivity contribution in [2.45, 2.75) is 13.5 Å². The molecule has 146 valence electrons. The van der Waals surface area contributed by atoms with Gasteiger partial charge in [-0.3, -0.25) is 19.4 Å². The Morgan fingerprint density at radius 3 is 2.24 bits per heavy atom. The average molecular weight is 389 g/mol. The maximum atomic E-state index is 12.5. The molecule has 1 aromatic carbocycles. The average Bonchev–Trinajstić information content (AvgIpc) is 2.72. The van der Waals surface area contributed by atoms with Gasteiger partial charge in [-0.2, -0.15) is 0 Å². The summed E-state index contributed by atoms with van der Waals surface area (Å²) in [5.41, 5.74) is 2.15. The monoisotopic (exact) mass is 389 g/mol. The summed E-state index contributed by atoms with van der Waals surface area (Å²) in [6.07, 6.45) is 3.31. The predicted molar refractivity (Wildman–Crippen MR) is 108 cm³/mol. The van der Waals surface area contributed by atoms with Gasteiger partial charge in [-0.1, -0.05) is 18.2 Å². The molecule has 8 heteroatoms. The number of anilines is 2. The highest BCUT2D eigenvalue weighted by Crippen LogP contribution is 2.16. The van der Waals surface area contributed by atoms with Crippen LogP contribution in [0.5, 0.6) is 0 Å². The zero-order valence-corrected chi connectivity index (χ0v) is 15.7. The highest BCUT2D eigenvalue weighted by molar-refractivity contribution is 6.04. The molecular formula is C21H19N5O3. The number of rotatable bonds is 6. The fourth-order valence-corrected chi connectivity index (χ4v) is 2.54. The topological polar surface area (TPSA) is 113 Å². The minimum Gasteiger partial charge on any atom is -0.347 e. The Balaban J connectivity index is 1.66. The molecule has 2 aromatic heterocycles. The second-order valence-electron chi connectivity index (χ2n) is 6.17. The summed E-state index contributed by atoms with van der Waals surface area (Å²) in [6, 6.07) is 15.0. The molecule has 0 aliphatic heterocycles. The Morgan fingerprint density at radius 2 is 1.55 bits per heavy atom. The Morgan fingerprint density at radius 1 is 0.862 bits per heavy atom. The summed E-state index contributed by atoms with van der Waals surface area (Å²) in [5.74, 6) is -1.07. The molecule has 3 rings (SSSR count). The molecule has 0 fully saturated rings. The van der Waals surface area contributed by atoms with Crippen LogP contribution in [0.4, 0.5) is 11.4 Å². The van der Waals surface area contributed by atoms with Gasteiger partial charge in [-0.25, -0.2) is 4.98 Å². The summed E-state index contributed by atoms with van der Waals surface area (Å²) >= 11 is 0. The summed E-state index contributed by atoms with van der Waals surface area (Å²) < 4.78 is 0. The lowest BCUT2D eigenvalue weighted by molar-refractivity contribution is -0.114. The van der Waals surface area contributed by atoms with Crippen molar-refractivity contribution in [2.75, 3.05) is 10.6 Å². The normalized spacial score (nSPS) is 10.1. The van der Waals surface area contributed by atoms with Gasteiger partial charge in [0.05, 0.1) is 0 Å². The Labute approximate surface area is 167 Å². The number of carbonyl (C=O) groups is 3. The van der Waals surface area contributed by atoms with Crippen LogP contribution in [0.3, 0.4) is 0 Å². The lowest BCUT2D eigenvalue weighted by atomic mass is 10.2. The number of aromatic nitrogens is 2. The quantitative estimate of drug-likeness (QED) is 0.600. The van der Waals surface area contributed by atoms with Crippen LogP contribution in [0, 0.1) is 0 Å². The van der Waals surface area contributed by atoms with Crippen LogP contribution in [-0.4, -0.2) is 27.7 Å². The Bertz CT molecular complexity index is 1040. The van der Waals surface area contributed by atoms with Gasteiger partial charge in [0.15, 0.2) is 0 Å². The van der Waals surface area contributed by atoms with Gasteiger partial charge in [0, 0.05) is 37.2 Å². The van der Waals surface area contributed by atoms with Gasteiger partial charge in [-0.15, -0.1) is 0 Å². The van der Waals surface area contributed by atoms with E-state index in [0.717, 1.165) is 5.56 Å². The third-order valence-corrected chi connectivity index (χ3v) is 3.83. The maximum Gasteiger partial charge on any atom is 0.274 e. The molecule has 0 unspecified atom stereocenters. The van der Waals surface area contributed by atoms with Crippen LogP contribution in [0.15, 0.2) is 67.0 Å². The number of benzene rings is 1. The summed E-state index contributed by atoms with van der Waals surface area (Å²) in [5, 5.41) is 8.09. The van der Waals surface area contributed by atoms with Crippen molar-refractivity contribution in [1.82, 2.24) is 15.3 Å². The maximum absolute atomic E-state index is 12.5. The smallest absolute Gasteiger partial charge is 0.274 e. The lowest BCUT2D eigenvalue weighted by Gasteiger charge is -2.09. The fraction of sp³-hybridized carbons (Fsp3) is 0.0952. The summed E-state index contributed by atoms with van der Waals surface area (Å²) in [6.45, 7) is 1.71. The molecule has 3 N–H and O–H groups in total. The van der Waals surface area contributed by atoms with Gasteiger partial charge in [0.2, 0.25) is 5.91 Å². The van der Waals surface area contributed by atoms with Crippen LogP contribution < -0.4 is 16.0 Å². The zero-order valence-electron chi connectivity index (χ0n) is 15.7. The van der Waals surface area contributed by atoms with E-state index in [1.165, 1.54) is 19.1 Å². The van der Waals surface area contributed by atoms with Gasteiger partial charge in [-0.05, 0) is 42.0 Å². The summed E-state index contributed by atoms with van der Waals surface area (Å²) in [4.78, 5) is 44.1. The number of hydrogen-bond donors (Lipinski definition) is 3. The van der Waals surface area contributed by atoms with E-state index in [4.69, 9.17) is 0 Å². The molecule has 3 aromatic rings. The largest absolute Gasteiger partial charge is 0.347 e. The molecule has 0 atom stereocenters. The van der Waals surface area contributed by atoms with Crippen molar-refractivity contribution in [2.24, 2.45) is 0 Å². The van der Waals surface area contributed by atoms with Crippen LogP contribution in [0.25, 0.3) is 0 Å². The second kappa shape index (κ2) is 9.23. The van der Waals surface area contributed by atoms with Crippen molar-refractivity contribution in [3.63, 3.8) is 0 Å². The van der Waals surface area contributed by atoms with Gasteiger partial charge < -0.3 is 16.0 Å². The number of nitrogens with one attached hydrogen (secondary N) is 3. The van der Waals surface area contributed by atoms with Crippen molar-refractivity contribution in [3.8, 4) is 0 Å². The third kappa shape index (κ3) is 5.70. The van der Waals surface area contributed by atoms with E-state index in [1.807, 2.05) is 6.07 Å². The molecule has 0 radical (unpaired) electrons. The molecule has 2 heterocycles. The van der Waals surface area contributed by atoms with Crippen LogP contribution in [0.1, 0.15) is 33.5 Å². The molecule has 0 aliphatic carbocycles.